The average Bonchev–Trinajstić information content (AvgIpc) is 3.56. The van der Waals surface area contributed by atoms with E-state index in [1.807, 2.05) is 43.3 Å². The fraction of sp³-hybridized carbons (Fsp3) is 0.278. The monoisotopic (exact) mass is 711 g/mol. The zero-order valence-corrected chi connectivity index (χ0v) is 29.0. The lowest BCUT2D eigenvalue weighted by molar-refractivity contribution is -0.140. The van der Waals surface area contributed by atoms with Gasteiger partial charge in [-0.3, -0.25) is 13.9 Å². The Morgan fingerprint density at radius 1 is 0.830 bits per heavy atom. The van der Waals surface area contributed by atoms with Gasteiger partial charge in [0.05, 0.1) is 15.6 Å². The number of rotatable bonds is 12. The van der Waals surface area contributed by atoms with Crippen LogP contribution in [0.4, 0.5) is 5.69 Å². The molecule has 5 rings (SSSR count). The Morgan fingerprint density at radius 2 is 1.49 bits per heavy atom. The third-order valence-electron chi connectivity index (χ3n) is 8.28. The summed E-state index contributed by atoms with van der Waals surface area (Å²) < 4.78 is 29.5. The van der Waals surface area contributed by atoms with Gasteiger partial charge < -0.3 is 10.2 Å². The lowest BCUT2D eigenvalue weighted by Crippen LogP contribution is -2.54. The number of amides is 2. The molecule has 246 valence electrons. The van der Waals surface area contributed by atoms with Gasteiger partial charge in [0, 0.05) is 29.1 Å². The highest BCUT2D eigenvalue weighted by Crippen LogP contribution is 2.33. The van der Waals surface area contributed by atoms with Crippen molar-refractivity contribution in [3.05, 3.63) is 129 Å². The number of anilines is 1. The van der Waals surface area contributed by atoms with Gasteiger partial charge in [0.1, 0.15) is 12.6 Å². The SMILES string of the molecule is Cc1ccc(S(=O)(=O)N(CC(=O)N(Cc2cccc(Cl)c2)[C@H](Cc2ccccc2)C(=O)NC2CCCC2)c2cc(Cl)ccc2Cl)cc1. The highest BCUT2D eigenvalue weighted by atomic mass is 35.5. The number of halogens is 3. The van der Waals surface area contributed by atoms with E-state index in [-0.39, 0.29) is 45.5 Å². The molecule has 4 aromatic rings. The first-order valence-electron chi connectivity index (χ1n) is 15.4. The fourth-order valence-electron chi connectivity index (χ4n) is 5.78. The first-order valence-corrected chi connectivity index (χ1v) is 18.0. The number of carbonyl (C=O) groups is 2. The summed E-state index contributed by atoms with van der Waals surface area (Å²) in [6.45, 7) is 1.22. The molecule has 0 unspecified atom stereocenters. The number of hydrogen-bond acceptors (Lipinski definition) is 4. The molecule has 1 saturated carbocycles. The maximum atomic E-state index is 14.6. The fourth-order valence-corrected chi connectivity index (χ4v) is 7.86. The van der Waals surface area contributed by atoms with Gasteiger partial charge in [-0.25, -0.2) is 8.42 Å². The van der Waals surface area contributed by atoms with Crippen molar-refractivity contribution in [3.63, 3.8) is 0 Å². The molecule has 2 amide bonds. The maximum Gasteiger partial charge on any atom is 0.264 e. The molecule has 7 nitrogen and oxygen atoms in total. The van der Waals surface area contributed by atoms with E-state index in [0.717, 1.165) is 41.1 Å². The van der Waals surface area contributed by atoms with Crippen LogP contribution in [-0.4, -0.2) is 43.8 Å². The van der Waals surface area contributed by atoms with Crippen molar-refractivity contribution in [2.75, 3.05) is 10.8 Å². The van der Waals surface area contributed by atoms with Gasteiger partial charge in [-0.15, -0.1) is 0 Å². The van der Waals surface area contributed by atoms with E-state index in [2.05, 4.69) is 5.32 Å². The van der Waals surface area contributed by atoms with Gasteiger partial charge in [0.15, 0.2) is 0 Å². The second-order valence-corrected chi connectivity index (χ2v) is 14.9. The van der Waals surface area contributed by atoms with Crippen molar-refractivity contribution in [2.24, 2.45) is 0 Å². The van der Waals surface area contributed by atoms with Crippen LogP contribution < -0.4 is 9.62 Å². The molecule has 4 aromatic carbocycles. The van der Waals surface area contributed by atoms with Crippen LogP contribution in [0.15, 0.2) is 102 Å². The normalized spacial score (nSPS) is 14.0. The van der Waals surface area contributed by atoms with E-state index in [4.69, 9.17) is 34.8 Å². The van der Waals surface area contributed by atoms with Gasteiger partial charge in [0.2, 0.25) is 11.8 Å². The Labute approximate surface area is 291 Å². The van der Waals surface area contributed by atoms with E-state index >= 15 is 0 Å². The number of aryl methyl sites for hydroxylation is 1. The van der Waals surface area contributed by atoms with Crippen LogP contribution in [0, 0.1) is 6.92 Å². The number of hydrogen-bond donors (Lipinski definition) is 1. The standard InChI is InChI=1S/C36H36Cl3N3O4S/c1-25-14-17-31(18-15-25)47(45,46)42(33-22-29(38)16-19-32(33)39)24-35(43)41(23-27-10-7-11-28(37)20-27)34(21-26-8-3-2-4-9-26)36(44)40-30-12-5-6-13-30/h2-4,7-11,14-20,22,30,34H,5-6,12-13,21,23-24H2,1H3,(H,40,44)/t34-/m1/s1. The molecule has 1 atom stereocenters. The molecule has 0 saturated heterocycles. The summed E-state index contributed by atoms with van der Waals surface area (Å²) in [6.07, 6.45) is 3.98. The van der Waals surface area contributed by atoms with Crippen LogP contribution in [-0.2, 0) is 32.6 Å². The Balaban J connectivity index is 1.59. The van der Waals surface area contributed by atoms with E-state index in [1.165, 1.54) is 29.2 Å². The molecule has 1 aliphatic carbocycles. The van der Waals surface area contributed by atoms with Gasteiger partial charge >= 0.3 is 0 Å². The number of benzene rings is 4. The largest absolute Gasteiger partial charge is 0.352 e. The third kappa shape index (κ3) is 8.87. The summed E-state index contributed by atoms with van der Waals surface area (Å²) in [5.74, 6) is -0.899. The Bertz CT molecular complexity index is 1820. The van der Waals surface area contributed by atoms with Crippen molar-refractivity contribution < 1.29 is 18.0 Å². The minimum atomic E-state index is -4.32. The average molecular weight is 713 g/mol. The summed E-state index contributed by atoms with van der Waals surface area (Å²) in [4.78, 5) is 30.2. The maximum absolute atomic E-state index is 14.6. The van der Waals surface area contributed by atoms with Crippen LogP contribution in [0.5, 0.6) is 0 Å². The molecule has 1 fully saturated rings. The first-order chi connectivity index (χ1) is 22.5. The molecule has 11 heteroatoms. The van der Waals surface area contributed by atoms with Crippen molar-refractivity contribution in [1.82, 2.24) is 10.2 Å². The minimum absolute atomic E-state index is 0.00701. The Morgan fingerprint density at radius 3 is 2.17 bits per heavy atom. The molecular weight excluding hydrogens is 677 g/mol. The third-order valence-corrected chi connectivity index (χ3v) is 10.8. The molecule has 0 radical (unpaired) electrons. The number of nitrogens with zero attached hydrogens (tertiary/aromatic N) is 2. The van der Waals surface area contributed by atoms with Crippen molar-refractivity contribution in [1.29, 1.82) is 0 Å². The molecule has 0 aliphatic heterocycles. The summed E-state index contributed by atoms with van der Waals surface area (Å²) >= 11 is 19.2. The van der Waals surface area contributed by atoms with E-state index in [1.54, 1.807) is 36.4 Å². The zero-order valence-electron chi connectivity index (χ0n) is 25.9. The lowest BCUT2D eigenvalue weighted by atomic mass is 10.0. The summed E-state index contributed by atoms with van der Waals surface area (Å²) in [5, 5.41) is 3.98. The minimum Gasteiger partial charge on any atom is -0.352 e. The summed E-state index contributed by atoms with van der Waals surface area (Å²) in [7, 11) is -4.32. The van der Waals surface area contributed by atoms with E-state index in [9.17, 15) is 18.0 Å². The van der Waals surface area contributed by atoms with Gasteiger partial charge in [0.25, 0.3) is 10.0 Å². The smallest absolute Gasteiger partial charge is 0.264 e. The quantitative estimate of drug-likeness (QED) is 0.162. The molecule has 0 spiro atoms. The number of carbonyl (C=O) groups excluding carboxylic acids is 2. The van der Waals surface area contributed by atoms with Crippen LogP contribution in [0.1, 0.15) is 42.4 Å². The first kappa shape index (κ1) is 34.8. The molecule has 0 bridgehead atoms. The molecule has 47 heavy (non-hydrogen) atoms. The molecule has 1 N–H and O–H groups in total. The van der Waals surface area contributed by atoms with E-state index in [0.29, 0.717) is 10.6 Å². The topological polar surface area (TPSA) is 86.8 Å². The predicted molar refractivity (Wildman–Crippen MR) is 189 cm³/mol. The van der Waals surface area contributed by atoms with Crippen molar-refractivity contribution in [3.8, 4) is 0 Å². The lowest BCUT2D eigenvalue weighted by Gasteiger charge is -2.34. The highest BCUT2D eigenvalue weighted by Gasteiger charge is 2.36. The van der Waals surface area contributed by atoms with Crippen LogP contribution in [0.3, 0.4) is 0 Å². The number of sulfonamides is 1. The van der Waals surface area contributed by atoms with Crippen LogP contribution in [0.2, 0.25) is 15.1 Å². The van der Waals surface area contributed by atoms with Crippen LogP contribution in [0.25, 0.3) is 0 Å². The Hall–Kier alpha value is -3.56. The highest BCUT2D eigenvalue weighted by molar-refractivity contribution is 7.92. The molecule has 1 aliphatic rings. The Kier molecular flexibility index (Phi) is 11.5. The zero-order chi connectivity index (χ0) is 33.6. The summed E-state index contributed by atoms with van der Waals surface area (Å²) in [5.41, 5.74) is 2.46. The van der Waals surface area contributed by atoms with Crippen LogP contribution >= 0.6 is 34.8 Å². The van der Waals surface area contributed by atoms with Gasteiger partial charge in [-0.05, 0) is 73.4 Å². The summed E-state index contributed by atoms with van der Waals surface area (Å²) in [6, 6.07) is 26.3. The number of nitrogens with one attached hydrogen (secondary N) is 1. The molecule has 0 heterocycles. The van der Waals surface area contributed by atoms with Gasteiger partial charge in [-0.2, -0.15) is 0 Å². The van der Waals surface area contributed by atoms with E-state index < -0.39 is 28.5 Å². The van der Waals surface area contributed by atoms with Gasteiger partial charge in [-0.1, -0.05) is 108 Å². The predicted octanol–water partition coefficient (Wildman–Crippen LogP) is 7.85. The second-order valence-electron chi connectivity index (χ2n) is 11.8. The van der Waals surface area contributed by atoms with Crippen molar-refractivity contribution >= 4 is 62.3 Å². The second kappa shape index (κ2) is 15.6. The van der Waals surface area contributed by atoms with Crippen molar-refractivity contribution in [2.45, 2.75) is 62.6 Å². The molecular formula is C36H36Cl3N3O4S. The molecule has 0 aromatic heterocycles.